The van der Waals surface area contributed by atoms with Gasteiger partial charge in [0.15, 0.2) is 0 Å². The smallest absolute Gasteiger partial charge is 1.00 e. The predicted octanol–water partition coefficient (Wildman–Crippen LogP) is 2.65. The second kappa shape index (κ2) is 14.3. The first kappa shape index (κ1) is 24.1. The Bertz CT molecular complexity index is 535. The number of aryl methyl sites for hydroxylation is 1. The topological polar surface area (TPSA) is 54.4 Å². The van der Waals surface area contributed by atoms with Crippen molar-refractivity contribution in [3.63, 3.8) is 0 Å². The van der Waals surface area contributed by atoms with Gasteiger partial charge in [-0.25, -0.2) is 0 Å². The first-order valence-electron chi connectivity index (χ1n) is 9.05. The van der Waals surface area contributed by atoms with Crippen LogP contribution in [0.4, 0.5) is 0 Å². The van der Waals surface area contributed by atoms with Gasteiger partial charge in [-0.15, -0.1) is 0 Å². The van der Waals surface area contributed by atoms with Crippen molar-refractivity contribution in [1.29, 1.82) is 0 Å². The quantitative estimate of drug-likeness (QED) is 0.333. The molecule has 0 saturated heterocycles. The second-order valence-corrected chi connectivity index (χ2v) is 7.88. The van der Waals surface area contributed by atoms with Gasteiger partial charge in [-0.05, 0) is 24.0 Å². The Hall–Kier alpha value is 0.130. The summed E-state index contributed by atoms with van der Waals surface area (Å²) < 4.78 is 31.1. The van der Waals surface area contributed by atoms with Crippen LogP contribution in [0.3, 0.4) is 0 Å². The van der Waals surface area contributed by atoms with E-state index < -0.39 is 10.1 Å². The maximum Gasteiger partial charge on any atom is 1.00 e. The number of benzene rings is 1. The molecule has 0 bridgehead atoms. The summed E-state index contributed by atoms with van der Waals surface area (Å²) in [6, 6.07) is 7.51. The molecule has 1 aromatic carbocycles. The molecule has 0 heterocycles. The molecule has 0 fully saturated rings. The summed E-state index contributed by atoms with van der Waals surface area (Å²) >= 11 is 0. The average Bonchev–Trinajstić information content (AvgIpc) is 2.49. The van der Waals surface area contributed by atoms with Crippen LogP contribution < -0.4 is 29.6 Å². The van der Waals surface area contributed by atoms with Gasteiger partial charge in [-0.3, -0.25) is 4.55 Å². The Kier molecular flexibility index (Phi) is 14.4. The maximum absolute atomic E-state index is 11.1. The van der Waals surface area contributed by atoms with Crippen molar-refractivity contribution in [3.8, 4) is 0 Å². The van der Waals surface area contributed by atoms with E-state index in [2.05, 4.69) is 6.92 Å². The van der Waals surface area contributed by atoms with Crippen molar-refractivity contribution < 1.29 is 44.0 Å². The van der Waals surface area contributed by atoms with Crippen molar-refractivity contribution in [3.05, 3.63) is 35.4 Å². The van der Waals surface area contributed by atoms with Crippen molar-refractivity contribution in [1.82, 2.24) is 0 Å². The van der Waals surface area contributed by atoms with Crippen molar-refractivity contribution in [2.24, 2.45) is 0 Å². The predicted molar refractivity (Wildman–Crippen MR) is 98.4 cm³/mol. The SMILES string of the molecule is CCCCCCCCCCCCc1ccccc1CS(=O)(=O)O.[H-].[Na+]. The van der Waals surface area contributed by atoms with Gasteiger partial charge >= 0.3 is 29.6 Å². The van der Waals surface area contributed by atoms with Gasteiger partial charge in [-0.1, -0.05) is 89.0 Å². The fourth-order valence-corrected chi connectivity index (χ4v) is 3.62. The molecule has 24 heavy (non-hydrogen) atoms. The molecule has 1 N–H and O–H groups in total. The Labute approximate surface area is 172 Å². The minimum absolute atomic E-state index is 0. The first-order chi connectivity index (χ1) is 11.0. The van der Waals surface area contributed by atoms with E-state index in [4.69, 9.17) is 4.55 Å². The molecule has 134 valence electrons. The molecule has 3 nitrogen and oxygen atoms in total. The van der Waals surface area contributed by atoms with E-state index in [1.807, 2.05) is 18.2 Å². The summed E-state index contributed by atoms with van der Waals surface area (Å²) in [6.45, 7) is 2.24. The van der Waals surface area contributed by atoms with Crippen LogP contribution in [0.25, 0.3) is 0 Å². The molecule has 0 aromatic heterocycles. The molecule has 1 aromatic rings. The molecule has 0 atom stereocenters. The van der Waals surface area contributed by atoms with Crippen LogP contribution in [0, 0.1) is 0 Å². The summed E-state index contributed by atoms with van der Waals surface area (Å²) in [5.74, 6) is -0.277. The van der Waals surface area contributed by atoms with E-state index in [0.29, 0.717) is 0 Å². The molecule has 0 aliphatic carbocycles. The van der Waals surface area contributed by atoms with E-state index in [9.17, 15) is 8.42 Å². The van der Waals surface area contributed by atoms with E-state index in [1.54, 1.807) is 6.07 Å². The fourth-order valence-electron chi connectivity index (χ4n) is 2.94. The normalized spacial score (nSPS) is 11.2. The van der Waals surface area contributed by atoms with Crippen LogP contribution in [0.1, 0.15) is 83.7 Å². The summed E-state index contributed by atoms with van der Waals surface area (Å²) in [5, 5.41) is 0. The summed E-state index contributed by atoms with van der Waals surface area (Å²) in [6.07, 6.45) is 13.8. The Balaban J connectivity index is 0. The summed E-state index contributed by atoms with van der Waals surface area (Å²) in [5.41, 5.74) is 1.77. The van der Waals surface area contributed by atoms with Crippen molar-refractivity contribution in [2.75, 3.05) is 0 Å². The third-order valence-electron chi connectivity index (χ3n) is 4.26. The molecule has 0 unspecified atom stereocenters. The van der Waals surface area contributed by atoms with Crippen molar-refractivity contribution in [2.45, 2.75) is 83.3 Å². The van der Waals surface area contributed by atoms with Crippen LogP contribution in [-0.2, 0) is 22.3 Å². The van der Waals surface area contributed by atoms with Crippen LogP contribution in [0.2, 0.25) is 0 Å². The van der Waals surface area contributed by atoms with Gasteiger partial charge in [0.05, 0.1) is 0 Å². The average molecular weight is 365 g/mol. The van der Waals surface area contributed by atoms with Crippen LogP contribution in [0.5, 0.6) is 0 Å². The molecule has 0 spiro atoms. The molecule has 5 heteroatoms. The molecule has 1 rings (SSSR count). The molecular formula is C19H33NaO3S. The third kappa shape index (κ3) is 12.5. The van der Waals surface area contributed by atoms with E-state index in [-0.39, 0.29) is 36.7 Å². The molecule has 0 saturated carbocycles. The monoisotopic (exact) mass is 364 g/mol. The number of hydrogen-bond acceptors (Lipinski definition) is 2. The zero-order valence-corrected chi connectivity index (χ0v) is 18.3. The molecule has 0 aliphatic heterocycles. The van der Waals surface area contributed by atoms with Gasteiger partial charge < -0.3 is 1.43 Å². The molecule has 0 radical (unpaired) electrons. The number of hydrogen-bond donors (Lipinski definition) is 1. The van der Waals surface area contributed by atoms with Crippen LogP contribution in [0.15, 0.2) is 24.3 Å². The standard InChI is InChI=1S/C19H32O3S.Na.H/c1-2-3-4-5-6-7-8-9-10-11-14-18-15-12-13-16-19(18)17-23(20,21)22;;/h12-13,15-16H,2-11,14,17H2,1H3,(H,20,21,22);;/q;+1;-1. The van der Waals surface area contributed by atoms with Gasteiger partial charge in [0.2, 0.25) is 0 Å². The molecule has 0 amide bonds. The Morgan fingerprint density at radius 1 is 0.833 bits per heavy atom. The first-order valence-corrected chi connectivity index (χ1v) is 10.7. The molecule has 0 aliphatic rings. The van der Waals surface area contributed by atoms with Gasteiger partial charge in [-0.2, -0.15) is 8.42 Å². The summed E-state index contributed by atoms with van der Waals surface area (Å²) in [4.78, 5) is 0. The second-order valence-electron chi connectivity index (χ2n) is 6.43. The largest absolute Gasteiger partial charge is 1.00 e. The van der Waals surface area contributed by atoms with Gasteiger partial charge in [0.1, 0.15) is 5.75 Å². The van der Waals surface area contributed by atoms with E-state index in [0.717, 1.165) is 24.0 Å². The molecular weight excluding hydrogens is 331 g/mol. The van der Waals surface area contributed by atoms with E-state index in [1.165, 1.54) is 57.8 Å². The van der Waals surface area contributed by atoms with Crippen LogP contribution >= 0.6 is 0 Å². The van der Waals surface area contributed by atoms with Gasteiger partial charge in [0, 0.05) is 0 Å². The zero-order chi connectivity index (χ0) is 17.0. The minimum Gasteiger partial charge on any atom is -1.00 e. The van der Waals surface area contributed by atoms with Crippen molar-refractivity contribution >= 4 is 10.1 Å². The third-order valence-corrected chi connectivity index (χ3v) is 4.93. The van der Waals surface area contributed by atoms with Gasteiger partial charge in [0.25, 0.3) is 10.1 Å². The Morgan fingerprint density at radius 2 is 1.29 bits per heavy atom. The van der Waals surface area contributed by atoms with Crippen LogP contribution in [-0.4, -0.2) is 13.0 Å². The van der Waals surface area contributed by atoms with E-state index >= 15 is 0 Å². The minimum atomic E-state index is -3.95. The zero-order valence-electron chi connectivity index (χ0n) is 16.5. The Morgan fingerprint density at radius 3 is 1.79 bits per heavy atom. The summed E-state index contributed by atoms with van der Waals surface area (Å²) in [7, 11) is -3.95. The number of rotatable bonds is 13. The number of unbranched alkanes of at least 4 members (excludes halogenated alkanes) is 9. The maximum atomic E-state index is 11.1. The fraction of sp³-hybridized carbons (Fsp3) is 0.684.